The molecule has 2 aromatic carbocycles. The fraction of sp³-hybridized carbons (Fsp3) is 0.364. The number of anilines is 1. The number of carbonyl (C=O) groups is 2. The van der Waals surface area contributed by atoms with Crippen molar-refractivity contribution >= 4 is 29.7 Å². The number of nitrogens with one attached hydrogen (secondary N) is 1. The van der Waals surface area contributed by atoms with Gasteiger partial charge in [0.1, 0.15) is 5.75 Å². The van der Waals surface area contributed by atoms with Crippen LogP contribution in [0.5, 0.6) is 5.75 Å². The highest BCUT2D eigenvalue weighted by atomic mass is 35.5. The first-order chi connectivity index (χ1) is 13.4. The van der Waals surface area contributed by atoms with Crippen LogP contribution in [0.2, 0.25) is 5.02 Å². The van der Waals surface area contributed by atoms with Gasteiger partial charge in [-0.15, -0.1) is 0 Å². The third-order valence-electron chi connectivity index (χ3n) is 4.86. The lowest BCUT2D eigenvalue weighted by Gasteiger charge is -2.28. The minimum Gasteiger partial charge on any atom is -0.452 e. The second-order valence-corrected chi connectivity index (χ2v) is 7.90. The molecule has 148 valence electrons. The lowest BCUT2D eigenvalue weighted by Crippen LogP contribution is -2.36. The van der Waals surface area contributed by atoms with Crippen molar-refractivity contribution in [1.29, 1.82) is 0 Å². The van der Waals surface area contributed by atoms with Crippen LogP contribution in [0.25, 0.3) is 0 Å². The molecule has 1 aliphatic rings. The fourth-order valence-corrected chi connectivity index (χ4v) is 3.89. The molecule has 5 nitrogen and oxygen atoms in total. The molecule has 1 N–H and O–H groups in total. The molecule has 0 radical (unpaired) electrons. The number of amides is 1. The summed E-state index contributed by atoms with van der Waals surface area (Å²) in [5, 5.41) is 3.45. The number of aryl methyl sites for hydroxylation is 1. The molecular weight excluding hydrogens is 378 g/mol. The molecule has 2 atom stereocenters. The summed E-state index contributed by atoms with van der Waals surface area (Å²) in [5.41, 5.74) is 2.52. The van der Waals surface area contributed by atoms with Gasteiger partial charge in [-0.25, -0.2) is 0 Å². The summed E-state index contributed by atoms with van der Waals surface area (Å²) >= 11 is 6.03. The van der Waals surface area contributed by atoms with Crippen molar-refractivity contribution in [2.75, 3.05) is 5.32 Å². The highest BCUT2D eigenvalue weighted by Gasteiger charge is 2.41. The number of rotatable bonds is 7. The minimum absolute atomic E-state index is 0.124. The minimum atomic E-state index is -0.884. The monoisotopic (exact) mass is 401 g/mol. The van der Waals surface area contributed by atoms with Crippen LogP contribution >= 0.6 is 11.6 Å². The predicted molar refractivity (Wildman–Crippen MR) is 108 cm³/mol. The molecule has 1 aliphatic carbocycles. The predicted octanol–water partition coefficient (Wildman–Crippen LogP) is 4.90. The van der Waals surface area contributed by atoms with Crippen molar-refractivity contribution in [2.45, 2.75) is 45.3 Å². The Morgan fingerprint density at radius 1 is 1.29 bits per heavy atom. The quantitative estimate of drug-likeness (QED) is 0.529. The summed E-state index contributed by atoms with van der Waals surface area (Å²) in [5.74, 6) is 0.0501. The Balaban J connectivity index is 1.60. The van der Waals surface area contributed by atoms with Gasteiger partial charge in [0.15, 0.2) is 0 Å². The number of ether oxygens (including phenoxy) is 2. The normalized spacial score (nSPS) is 21.2. The molecule has 1 saturated carbocycles. The summed E-state index contributed by atoms with van der Waals surface area (Å²) in [7, 11) is 0. The SMILES string of the molecule is Cc1cc(Cl)cc(NC(=O)Cc2ccc(OC3(OC=O)CCC(C)C3)cc2)c1. The van der Waals surface area contributed by atoms with E-state index in [1.54, 1.807) is 18.2 Å². The number of halogens is 1. The van der Waals surface area contributed by atoms with E-state index in [-0.39, 0.29) is 12.3 Å². The standard InChI is InChI=1S/C22H24ClNO4/c1-15-7-8-22(13-15,27-14-25)28-20-5-3-17(4-6-20)11-21(26)24-19-10-16(2)9-18(23)12-19/h3-6,9-10,12,14-15H,7-8,11,13H2,1-2H3,(H,24,26). The Morgan fingerprint density at radius 3 is 2.64 bits per heavy atom. The molecule has 0 saturated heterocycles. The third-order valence-corrected chi connectivity index (χ3v) is 5.08. The van der Waals surface area contributed by atoms with Gasteiger partial charge in [0.05, 0.1) is 6.42 Å². The summed E-state index contributed by atoms with van der Waals surface area (Å²) in [6.45, 7) is 4.49. The second kappa shape index (κ2) is 8.65. The van der Waals surface area contributed by atoms with E-state index in [9.17, 15) is 9.59 Å². The molecule has 2 unspecified atom stereocenters. The fourth-order valence-electron chi connectivity index (χ4n) is 3.60. The molecule has 1 amide bonds. The average molecular weight is 402 g/mol. The molecule has 0 aliphatic heterocycles. The van der Waals surface area contributed by atoms with E-state index in [4.69, 9.17) is 21.1 Å². The van der Waals surface area contributed by atoms with Crippen LogP contribution in [0, 0.1) is 12.8 Å². The number of hydrogen-bond acceptors (Lipinski definition) is 4. The van der Waals surface area contributed by atoms with Crippen molar-refractivity contribution in [3.63, 3.8) is 0 Å². The zero-order valence-electron chi connectivity index (χ0n) is 16.0. The van der Waals surface area contributed by atoms with Crippen molar-refractivity contribution in [1.82, 2.24) is 0 Å². The number of hydrogen-bond donors (Lipinski definition) is 1. The Kier molecular flexibility index (Phi) is 6.25. The zero-order valence-corrected chi connectivity index (χ0v) is 16.8. The highest BCUT2D eigenvalue weighted by Crippen LogP contribution is 2.38. The van der Waals surface area contributed by atoms with Crippen LogP contribution in [-0.2, 0) is 20.7 Å². The van der Waals surface area contributed by atoms with Gasteiger partial charge in [-0.2, -0.15) is 0 Å². The maximum absolute atomic E-state index is 12.3. The summed E-state index contributed by atoms with van der Waals surface area (Å²) in [6, 6.07) is 12.7. The average Bonchev–Trinajstić information content (AvgIpc) is 2.96. The van der Waals surface area contributed by atoms with E-state index in [1.165, 1.54) is 0 Å². The van der Waals surface area contributed by atoms with Crippen molar-refractivity contribution in [3.8, 4) is 5.75 Å². The van der Waals surface area contributed by atoms with Crippen LogP contribution in [0.3, 0.4) is 0 Å². The molecule has 0 bridgehead atoms. The number of benzene rings is 2. The first-order valence-corrected chi connectivity index (χ1v) is 9.72. The van der Waals surface area contributed by atoms with Gasteiger partial charge in [-0.1, -0.05) is 30.7 Å². The van der Waals surface area contributed by atoms with E-state index in [1.807, 2.05) is 31.2 Å². The van der Waals surface area contributed by atoms with Crippen LogP contribution in [0.1, 0.15) is 37.3 Å². The van der Waals surface area contributed by atoms with Gasteiger partial charge in [0, 0.05) is 23.6 Å². The van der Waals surface area contributed by atoms with Gasteiger partial charge in [-0.05, 0) is 60.7 Å². The summed E-state index contributed by atoms with van der Waals surface area (Å²) in [4.78, 5) is 23.2. The Morgan fingerprint density at radius 2 is 2.04 bits per heavy atom. The molecule has 0 aromatic heterocycles. The lowest BCUT2D eigenvalue weighted by atomic mass is 10.1. The molecule has 6 heteroatoms. The van der Waals surface area contributed by atoms with Crippen LogP contribution in [0.15, 0.2) is 42.5 Å². The molecule has 0 spiro atoms. The summed E-state index contributed by atoms with van der Waals surface area (Å²) in [6.07, 6.45) is 2.54. The summed E-state index contributed by atoms with van der Waals surface area (Å²) < 4.78 is 11.3. The zero-order chi connectivity index (χ0) is 20.1. The van der Waals surface area contributed by atoms with Gasteiger partial charge in [-0.3, -0.25) is 9.59 Å². The van der Waals surface area contributed by atoms with Gasteiger partial charge in [0.25, 0.3) is 12.3 Å². The number of carbonyl (C=O) groups excluding carboxylic acids is 2. The van der Waals surface area contributed by atoms with Crippen molar-refractivity contribution in [3.05, 3.63) is 58.6 Å². The highest BCUT2D eigenvalue weighted by molar-refractivity contribution is 6.31. The molecule has 2 aromatic rings. The van der Waals surface area contributed by atoms with E-state index in [0.29, 0.717) is 41.7 Å². The maximum atomic E-state index is 12.3. The molecule has 28 heavy (non-hydrogen) atoms. The molecule has 3 rings (SSSR count). The van der Waals surface area contributed by atoms with Crippen molar-refractivity contribution < 1.29 is 19.1 Å². The smallest absolute Gasteiger partial charge is 0.296 e. The van der Waals surface area contributed by atoms with E-state index < -0.39 is 5.79 Å². The Bertz CT molecular complexity index is 832. The molecule has 0 heterocycles. The van der Waals surface area contributed by atoms with E-state index >= 15 is 0 Å². The van der Waals surface area contributed by atoms with E-state index in [0.717, 1.165) is 17.5 Å². The lowest BCUT2D eigenvalue weighted by molar-refractivity contribution is -0.182. The Hall–Kier alpha value is -2.53. The topological polar surface area (TPSA) is 64.6 Å². The first kappa shape index (κ1) is 20.2. The largest absolute Gasteiger partial charge is 0.452 e. The van der Waals surface area contributed by atoms with Crippen LogP contribution < -0.4 is 10.1 Å². The van der Waals surface area contributed by atoms with Gasteiger partial charge in [0.2, 0.25) is 5.91 Å². The van der Waals surface area contributed by atoms with E-state index in [2.05, 4.69) is 12.2 Å². The maximum Gasteiger partial charge on any atom is 0.296 e. The van der Waals surface area contributed by atoms with Crippen molar-refractivity contribution in [2.24, 2.45) is 5.92 Å². The van der Waals surface area contributed by atoms with Gasteiger partial charge >= 0.3 is 0 Å². The van der Waals surface area contributed by atoms with Crippen LogP contribution in [0.4, 0.5) is 5.69 Å². The molecular formula is C22H24ClNO4. The van der Waals surface area contributed by atoms with Gasteiger partial charge < -0.3 is 14.8 Å². The first-order valence-electron chi connectivity index (χ1n) is 9.34. The second-order valence-electron chi connectivity index (χ2n) is 7.46. The molecule has 1 fully saturated rings. The van der Waals surface area contributed by atoms with Crippen LogP contribution in [-0.4, -0.2) is 18.2 Å². The Labute approximate surface area is 170 Å². The third kappa shape index (κ3) is 5.26.